The van der Waals surface area contributed by atoms with Crippen LogP contribution >= 0.6 is 0 Å². The normalized spacial score (nSPS) is 14.3. The number of rotatable bonds is 4. The molecule has 3 aliphatic rings. The Morgan fingerprint density at radius 3 is 2.35 bits per heavy atom. The van der Waals surface area contributed by atoms with Gasteiger partial charge >= 0.3 is 0 Å². The highest BCUT2D eigenvalue weighted by molar-refractivity contribution is 6.02. The number of nitrogens with zero attached hydrogens (tertiary/aromatic N) is 2. The van der Waals surface area contributed by atoms with E-state index < -0.39 is 0 Å². The van der Waals surface area contributed by atoms with E-state index in [-0.39, 0.29) is 0 Å². The Bertz CT molecular complexity index is 1230. The van der Waals surface area contributed by atoms with E-state index in [2.05, 4.69) is 90.1 Å². The van der Waals surface area contributed by atoms with Gasteiger partial charge in [-0.2, -0.15) is 0 Å². The van der Waals surface area contributed by atoms with Gasteiger partial charge in [-0.05, 0) is 56.9 Å². The lowest BCUT2D eigenvalue weighted by Gasteiger charge is -2.29. The maximum absolute atomic E-state index is 6.57. The number of piperidine rings is 1. The molecule has 0 N–H and O–H groups in total. The van der Waals surface area contributed by atoms with E-state index in [1.165, 1.54) is 52.4 Å². The summed E-state index contributed by atoms with van der Waals surface area (Å²) in [5.74, 6) is 0.951. The van der Waals surface area contributed by atoms with Gasteiger partial charge in [0.15, 0.2) is 0 Å². The Morgan fingerprint density at radius 1 is 0.839 bits per heavy atom. The molecule has 3 heteroatoms. The molecule has 2 aromatic rings. The van der Waals surface area contributed by atoms with Gasteiger partial charge in [-0.3, -0.25) is 0 Å². The first-order valence-electron chi connectivity index (χ1n) is 11.7. The molecule has 0 atom stereocenters. The molecule has 0 unspecified atom stereocenters. The van der Waals surface area contributed by atoms with E-state index in [1.807, 2.05) is 0 Å². The second kappa shape index (κ2) is 8.58. The summed E-state index contributed by atoms with van der Waals surface area (Å²) in [5.41, 5.74) is 5.89. The van der Waals surface area contributed by atoms with E-state index in [0.717, 1.165) is 37.5 Å². The molecule has 0 radical (unpaired) electrons. The Balaban J connectivity index is 1.79. The number of anilines is 1. The van der Waals surface area contributed by atoms with Crippen LogP contribution in [0.4, 0.5) is 5.69 Å². The van der Waals surface area contributed by atoms with E-state index in [4.69, 9.17) is 4.42 Å². The Kier molecular flexibility index (Phi) is 5.50. The van der Waals surface area contributed by atoms with E-state index in [9.17, 15) is 0 Å². The summed E-state index contributed by atoms with van der Waals surface area (Å²) in [6, 6.07) is 24.1. The van der Waals surface area contributed by atoms with Crippen molar-refractivity contribution < 1.29 is 4.42 Å². The van der Waals surface area contributed by atoms with Crippen LogP contribution in [-0.4, -0.2) is 26.2 Å². The van der Waals surface area contributed by atoms with Crippen LogP contribution in [0, 0.1) is 0 Å². The van der Waals surface area contributed by atoms with Crippen molar-refractivity contribution in [1.82, 2.24) is 4.58 Å². The average molecular weight is 412 g/mol. The minimum absolute atomic E-state index is 0.951. The van der Waals surface area contributed by atoms with Gasteiger partial charge in [0, 0.05) is 47.4 Å². The number of fused-ring (bicyclic) bond motifs is 2. The molecule has 2 aromatic carbocycles. The summed E-state index contributed by atoms with van der Waals surface area (Å²) in [6.07, 6.45) is 3.89. The highest BCUT2D eigenvalue weighted by atomic mass is 16.3. The maximum atomic E-state index is 6.57. The lowest BCUT2D eigenvalue weighted by Crippen LogP contribution is -2.29. The molecule has 0 bridgehead atoms. The van der Waals surface area contributed by atoms with Crippen LogP contribution in [-0.2, 0) is 0 Å². The molecule has 5 rings (SSSR count). The van der Waals surface area contributed by atoms with Gasteiger partial charge in [-0.15, -0.1) is 0 Å². The minimum Gasteiger partial charge on any atom is -0.456 e. The first-order valence-corrected chi connectivity index (χ1v) is 11.7. The molecular formula is C28H31N2O+. The number of hydrogen-bond acceptors (Lipinski definition) is 2. The molecule has 0 aromatic heterocycles. The molecule has 2 aliphatic heterocycles. The molecule has 0 amide bonds. The molecule has 0 saturated carbocycles. The summed E-state index contributed by atoms with van der Waals surface area (Å²) in [7, 11) is 0. The van der Waals surface area contributed by atoms with Crippen LogP contribution in [0.1, 0.15) is 33.1 Å². The SMILES string of the molecule is CC[N+](CC)=c1ccc2c(-c3ccccc3)c3ccc(N4CCCCC4)cc3oc-2c1. The first kappa shape index (κ1) is 19.9. The lowest BCUT2D eigenvalue weighted by molar-refractivity contribution is 0.576. The molecular weight excluding hydrogens is 380 g/mol. The van der Waals surface area contributed by atoms with Gasteiger partial charge in [0.05, 0.1) is 6.07 Å². The summed E-state index contributed by atoms with van der Waals surface area (Å²) in [6.45, 7) is 8.64. The monoisotopic (exact) mass is 411 g/mol. The third-order valence-electron chi connectivity index (χ3n) is 6.60. The number of hydrogen-bond donors (Lipinski definition) is 0. The van der Waals surface area contributed by atoms with Crippen molar-refractivity contribution >= 4 is 16.7 Å². The quantitative estimate of drug-likeness (QED) is 0.303. The van der Waals surface area contributed by atoms with Crippen molar-refractivity contribution in [2.45, 2.75) is 33.1 Å². The zero-order chi connectivity index (χ0) is 21.2. The van der Waals surface area contributed by atoms with Gasteiger partial charge in [0.2, 0.25) is 5.36 Å². The first-order chi connectivity index (χ1) is 15.3. The van der Waals surface area contributed by atoms with Crippen LogP contribution in [0.15, 0.2) is 71.1 Å². The molecule has 3 nitrogen and oxygen atoms in total. The van der Waals surface area contributed by atoms with Crippen molar-refractivity contribution in [3.8, 4) is 22.5 Å². The second-order valence-electron chi connectivity index (χ2n) is 8.42. The zero-order valence-corrected chi connectivity index (χ0v) is 18.6. The summed E-state index contributed by atoms with van der Waals surface area (Å²) in [4.78, 5) is 2.50. The fourth-order valence-corrected chi connectivity index (χ4v) is 4.92. The Morgan fingerprint density at radius 2 is 1.61 bits per heavy atom. The molecule has 1 saturated heterocycles. The summed E-state index contributed by atoms with van der Waals surface area (Å²) in [5, 5.41) is 2.39. The Labute approximate surface area is 184 Å². The van der Waals surface area contributed by atoms with Gasteiger partial charge in [0.1, 0.15) is 24.4 Å². The highest BCUT2D eigenvalue weighted by Crippen LogP contribution is 2.40. The fourth-order valence-electron chi connectivity index (χ4n) is 4.92. The summed E-state index contributed by atoms with van der Waals surface area (Å²) < 4.78 is 8.93. The van der Waals surface area contributed by atoms with Gasteiger partial charge in [-0.1, -0.05) is 30.3 Å². The predicted molar refractivity (Wildman–Crippen MR) is 131 cm³/mol. The van der Waals surface area contributed by atoms with Crippen LogP contribution in [0.2, 0.25) is 0 Å². The zero-order valence-electron chi connectivity index (χ0n) is 18.6. The molecule has 158 valence electrons. The highest BCUT2D eigenvalue weighted by Gasteiger charge is 2.19. The predicted octanol–water partition coefficient (Wildman–Crippen LogP) is 6.01. The smallest absolute Gasteiger partial charge is 0.203 e. The Hall–Kier alpha value is -3.07. The number of benzene rings is 3. The van der Waals surface area contributed by atoms with Crippen molar-refractivity contribution in [3.63, 3.8) is 0 Å². The van der Waals surface area contributed by atoms with Crippen molar-refractivity contribution in [1.29, 1.82) is 0 Å². The van der Waals surface area contributed by atoms with Gasteiger partial charge < -0.3 is 9.32 Å². The van der Waals surface area contributed by atoms with Crippen molar-refractivity contribution in [3.05, 3.63) is 72.1 Å². The maximum Gasteiger partial charge on any atom is 0.203 e. The molecule has 31 heavy (non-hydrogen) atoms. The molecule has 1 fully saturated rings. The molecule has 0 spiro atoms. The lowest BCUT2D eigenvalue weighted by atomic mass is 9.93. The van der Waals surface area contributed by atoms with Gasteiger partial charge in [-0.25, -0.2) is 4.58 Å². The topological polar surface area (TPSA) is 19.4 Å². The van der Waals surface area contributed by atoms with E-state index in [1.54, 1.807) is 0 Å². The minimum atomic E-state index is 0.951. The molecule has 1 aliphatic carbocycles. The second-order valence-corrected chi connectivity index (χ2v) is 8.42. The molecule has 2 heterocycles. The standard InChI is InChI=1S/C28H31N2O/c1-3-29(4-2)22-13-15-24-26(19-22)31-27-20-23(30-17-9-6-10-18-30)14-16-25(27)28(24)21-11-7-5-8-12-21/h5,7-8,11-16,19-20H,3-4,6,9-10,17-18H2,1-2H3/q+1. The van der Waals surface area contributed by atoms with Crippen LogP contribution in [0.5, 0.6) is 0 Å². The van der Waals surface area contributed by atoms with E-state index >= 15 is 0 Å². The van der Waals surface area contributed by atoms with Crippen LogP contribution in [0.3, 0.4) is 0 Å². The third kappa shape index (κ3) is 3.74. The third-order valence-corrected chi connectivity index (χ3v) is 6.60. The fraction of sp³-hybridized carbons (Fsp3) is 0.321. The average Bonchev–Trinajstić information content (AvgIpc) is 2.84. The summed E-state index contributed by atoms with van der Waals surface area (Å²) >= 11 is 0. The van der Waals surface area contributed by atoms with Gasteiger partial charge in [0.25, 0.3) is 0 Å². The van der Waals surface area contributed by atoms with Crippen LogP contribution in [0.25, 0.3) is 33.4 Å². The van der Waals surface area contributed by atoms with Crippen molar-refractivity contribution in [2.24, 2.45) is 0 Å². The van der Waals surface area contributed by atoms with E-state index in [0.29, 0.717) is 0 Å². The van der Waals surface area contributed by atoms with Crippen LogP contribution < -0.4 is 14.8 Å². The van der Waals surface area contributed by atoms with Crippen molar-refractivity contribution in [2.75, 3.05) is 31.1 Å². The largest absolute Gasteiger partial charge is 0.456 e.